The summed E-state index contributed by atoms with van der Waals surface area (Å²) in [5.41, 5.74) is 0. The zero-order valence-electron chi connectivity index (χ0n) is 44.5. The van der Waals surface area contributed by atoms with E-state index >= 15 is 0 Å². The SMILES string of the molecule is CC/C=C/C/C=C/C/C=C/C/C=C/CCCC(CC(=O)NC(CO)C(O)CCCCCCCCCCCCCCCCCC)OC(=O)CCCCCCC/C=C/CCCCCCCCCCC. The van der Waals surface area contributed by atoms with Gasteiger partial charge in [-0.25, -0.2) is 0 Å². The molecule has 0 saturated heterocycles. The van der Waals surface area contributed by atoms with Crippen LogP contribution in [0, 0.1) is 0 Å². The Labute approximate surface area is 416 Å². The van der Waals surface area contributed by atoms with E-state index in [9.17, 15) is 19.8 Å². The first kappa shape index (κ1) is 64.6. The molecule has 3 N–H and O–H groups in total. The minimum atomic E-state index is -0.805. The standard InChI is InChI=1S/C61H111NO5/c1-4-7-10-13-16-19-22-25-28-30-31-33-36-39-42-45-48-51-54-61(66)67-57(52-49-46-43-40-37-34-27-24-21-18-15-12-9-6-3)55-60(65)62-58(56-63)59(64)53-50-47-44-41-38-35-32-29-26-23-20-17-14-11-8-5-2/h9,12,18,21,27,31,33-34,40,43,57-59,63-64H,4-8,10-11,13-17,19-20,22-26,28-30,32,35-39,41-42,44-56H2,1-3H3,(H,62,65)/b12-9+,21-18+,33-31+,34-27+,43-40+. The molecule has 0 bridgehead atoms. The molecule has 6 nitrogen and oxygen atoms in total. The lowest BCUT2D eigenvalue weighted by Gasteiger charge is -2.24. The van der Waals surface area contributed by atoms with Crippen molar-refractivity contribution < 1.29 is 24.5 Å². The quantitative estimate of drug-likeness (QED) is 0.0321. The van der Waals surface area contributed by atoms with Gasteiger partial charge in [-0.05, 0) is 83.5 Å². The number of aliphatic hydroxyl groups is 2. The molecule has 390 valence electrons. The Kier molecular flexibility index (Phi) is 52.5. The van der Waals surface area contributed by atoms with Gasteiger partial charge < -0.3 is 20.3 Å². The second-order valence-corrected chi connectivity index (χ2v) is 19.7. The van der Waals surface area contributed by atoms with Crippen molar-refractivity contribution in [3.63, 3.8) is 0 Å². The van der Waals surface area contributed by atoms with Gasteiger partial charge in [-0.3, -0.25) is 9.59 Å². The fourth-order valence-corrected chi connectivity index (χ4v) is 8.72. The topological polar surface area (TPSA) is 95.9 Å². The first-order valence-corrected chi connectivity index (χ1v) is 29.0. The summed E-state index contributed by atoms with van der Waals surface area (Å²) in [6.07, 6.45) is 68.7. The van der Waals surface area contributed by atoms with Crippen molar-refractivity contribution in [1.82, 2.24) is 5.32 Å². The van der Waals surface area contributed by atoms with Crippen molar-refractivity contribution in [1.29, 1.82) is 0 Å². The van der Waals surface area contributed by atoms with Crippen molar-refractivity contribution in [2.45, 2.75) is 309 Å². The molecule has 0 aromatic heterocycles. The van der Waals surface area contributed by atoms with Crippen LogP contribution < -0.4 is 5.32 Å². The zero-order valence-corrected chi connectivity index (χ0v) is 44.5. The van der Waals surface area contributed by atoms with E-state index in [1.54, 1.807) is 0 Å². The summed E-state index contributed by atoms with van der Waals surface area (Å²) in [5, 5.41) is 23.9. The maximum atomic E-state index is 13.3. The summed E-state index contributed by atoms with van der Waals surface area (Å²) < 4.78 is 5.93. The minimum absolute atomic E-state index is 0.0366. The summed E-state index contributed by atoms with van der Waals surface area (Å²) in [6.45, 7) is 6.38. The van der Waals surface area contributed by atoms with Crippen molar-refractivity contribution in [2.24, 2.45) is 0 Å². The average molecular weight is 939 g/mol. The van der Waals surface area contributed by atoms with Crippen LogP contribution in [0.3, 0.4) is 0 Å². The van der Waals surface area contributed by atoms with E-state index in [1.807, 2.05) is 0 Å². The van der Waals surface area contributed by atoms with Crippen LogP contribution in [0.1, 0.15) is 290 Å². The summed E-state index contributed by atoms with van der Waals surface area (Å²) in [4.78, 5) is 26.3. The highest BCUT2D eigenvalue weighted by molar-refractivity contribution is 5.77. The van der Waals surface area contributed by atoms with E-state index in [2.05, 4.69) is 86.8 Å². The van der Waals surface area contributed by atoms with E-state index < -0.39 is 18.2 Å². The Morgan fingerprint density at radius 1 is 0.448 bits per heavy atom. The van der Waals surface area contributed by atoms with E-state index in [-0.39, 0.29) is 24.9 Å². The number of hydrogen-bond donors (Lipinski definition) is 3. The third kappa shape index (κ3) is 49.8. The van der Waals surface area contributed by atoms with Gasteiger partial charge in [0.25, 0.3) is 0 Å². The minimum Gasteiger partial charge on any atom is -0.462 e. The van der Waals surface area contributed by atoms with Crippen LogP contribution >= 0.6 is 0 Å². The highest BCUT2D eigenvalue weighted by atomic mass is 16.5. The number of carbonyl (C=O) groups excluding carboxylic acids is 2. The second-order valence-electron chi connectivity index (χ2n) is 19.7. The van der Waals surface area contributed by atoms with Crippen LogP contribution in [0.2, 0.25) is 0 Å². The van der Waals surface area contributed by atoms with Gasteiger partial charge in [0.15, 0.2) is 0 Å². The third-order valence-electron chi connectivity index (χ3n) is 13.1. The molecule has 0 spiro atoms. The molecule has 0 rings (SSSR count). The molecule has 0 aliphatic rings. The molecule has 0 fully saturated rings. The van der Waals surface area contributed by atoms with Crippen LogP contribution in [-0.4, -0.2) is 46.9 Å². The predicted molar refractivity (Wildman–Crippen MR) is 292 cm³/mol. The molecule has 3 atom stereocenters. The van der Waals surface area contributed by atoms with Crippen LogP contribution in [0.25, 0.3) is 0 Å². The van der Waals surface area contributed by atoms with Gasteiger partial charge in [0.05, 0.1) is 25.2 Å². The number of hydrogen-bond acceptors (Lipinski definition) is 5. The molecule has 6 heteroatoms. The highest BCUT2D eigenvalue weighted by Gasteiger charge is 2.24. The summed E-state index contributed by atoms with van der Waals surface area (Å²) >= 11 is 0. The molecule has 1 amide bonds. The van der Waals surface area contributed by atoms with Crippen LogP contribution in [0.5, 0.6) is 0 Å². The number of carbonyl (C=O) groups is 2. The van der Waals surface area contributed by atoms with Crippen LogP contribution in [0.15, 0.2) is 60.8 Å². The first-order chi connectivity index (χ1) is 33.0. The molecule has 0 aromatic carbocycles. The Morgan fingerprint density at radius 3 is 1.27 bits per heavy atom. The molecule has 0 aromatic rings. The summed E-state index contributed by atoms with van der Waals surface area (Å²) in [6, 6.07) is -0.722. The van der Waals surface area contributed by atoms with Gasteiger partial charge >= 0.3 is 5.97 Å². The lowest BCUT2D eigenvalue weighted by molar-refractivity contribution is -0.151. The van der Waals surface area contributed by atoms with Gasteiger partial charge in [0.1, 0.15) is 6.10 Å². The van der Waals surface area contributed by atoms with Gasteiger partial charge in [0.2, 0.25) is 5.91 Å². The first-order valence-electron chi connectivity index (χ1n) is 29.0. The van der Waals surface area contributed by atoms with Gasteiger partial charge in [-0.2, -0.15) is 0 Å². The Bertz CT molecular complexity index is 1190. The molecule has 0 aliphatic carbocycles. The number of allylic oxidation sites excluding steroid dienone is 10. The van der Waals surface area contributed by atoms with E-state index in [0.717, 1.165) is 83.5 Å². The normalized spacial score (nSPS) is 13.6. The molecule has 0 radical (unpaired) electrons. The van der Waals surface area contributed by atoms with Crippen molar-refractivity contribution in [3.8, 4) is 0 Å². The monoisotopic (exact) mass is 938 g/mol. The van der Waals surface area contributed by atoms with Gasteiger partial charge in [-0.1, -0.05) is 255 Å². The molecular weight excluding hydrogens is 827 g/mol. The number of nitrogens with one attached hydrogen (secondary N) is 1. The lowest BCUT2D eigenvalue weighted by Crippen LogP contribution is -2.46. The van der Waals surface area contributed by atoms with E-state index in [0.29, 0.717) is 19.3 Å². The van der Waals surface area contributed by atoms with Gasteiger partial charge in [0, 0.05) is 6.42 Å². The fourth-order valence-electron chi connectivity index (χ4n) is 8.72. The molecule has 3 unspecified atom stereocenters. The maximum Gasteiger partial charge on any atom is 0.306 e. The highest BCUT2D eigenvalue weighted by Crippen LogP contribution is 2.18. The van der Waals surface area contributed by atoms with E-state index in [4.69, 9.17) is 4.74 Å². The van der Waals surface area contributed by atoms with Crippen LogP contribution in [-0.2, 0) is 14.3 Å². The zero-order chi connectivity index (χ0) is 48.8. The second kappa shape index (κ2) is 54.5. The Morgan fingerprint density at radius 2 is 0.821 bits per heavy atom. The average Bonchev–Trinajstić information content (AvgIpc) is 3.32. The number of aliphatic hydroxyl groups excluding tert-OH is 2. The van der Waals surface area contributed by atoms with Crippen LogP contribution in [0.4, 0.5) is 0 Å². The Hall–Kier alpha value is -2.44. The largest absolute Gasteiger partial charge is 0.462 e. The molecular formula is C61H111NO5. The molecule has 0 saturated carbocycles. The summed E-state index contributed by atoms with van der Waals surface area (Å²) in [5.74, 6) is -0.531. The Balaban J connectivity index is 4.59. The summed E-state index contributed by atoms with van der Waals surface area (Å²) in [7, 11) is 0. The number of unbranched alkanes of at least 4 members (excludes halogenated alkanes) is 30. The number of esters is 1. The number of rotatable bonds is 52. The van der Waals surface area contributed by atoms with Crippen molar-refractivity contribution in [2.75, 3.05) is 6.61 Å². The number of ether oxygens (including phenoxy) is 1. The van der Waals surface area contributed by atoms with Crippen molar-refractivity contribution in [3.05, 3.63) is 60.8 Å². The van der Waals surface area contributed by atoms with Crippen molar-refractivity contribution >= 4 is 11.9 Å². The number of amides is 1. The molecule has 0 heterocycles. The third-order valence-corrected chi connectivity index (χ3v) is 13.1. The maximum absolute atomic E-state index is 13.3. The molecule has 0 aliphatic heterocycles. The smallest absolute Gasteiger partial charge is 0.306 e. The van der Waals surface area contributed by atoms with E-state index in [1.165, 1.54) is 161 Å². The fraction of sp³-hybridized carbons (Fsp3) is 0.803. The lowest BCUT2D eigenvalue weighted by atomic mass is 10.0. The predicted octanol–water partition coefficient (Wildman–Crippen LogP) is 18.0. The molecule has 67 heavy (non-hydrogen) atoms. The van der Waals surface area contributed by atoms with Gasteiger partial charge in [-0.15, -0.1) is 0 Å².